The summed E-state index contributed by atoms with van der Waals surface area (Å²) < 4.78 is 43.0. The zero-order chi connectivity index (χ0) is 13.9. The molecule has 0 fully saturated rings. The molecule has 5 heteroatoms. The van der Waals surface area contributed by atoms with E-state index in [0.29, 0.717) is 5.75 Å². The Labute approximate surface area is 108 Å². The van der Waals surface area contributed by atoms with E-state index in [0.717, 1.165) is 0 Å². The Balaban J connectivity index is 2.32. The molecule has 2 aromatic carbocycles. The SMILES string of the molecule is O[C@H](c1ccccc1Oc1ccccc1)C(F)(F)F. The van der Waals surface area contributed by atoms with Gasteiger partial charge in [0.05, 0.1) is 0 Å². The third-order valence-corrected chi connectivity index (χ3v) is 2.49. The quantitative estimate of drug-likeness (QED) is 0.909. The summed E-state index contributed by atoms with van der Waals surface area (Å²) in [6.45, 7) is 0. The smallest absolute Gasteiger partial charge is 0.418 e. The molecule has 0 saturated carbocycles. The molecule has 2 rings (SSSR count). The molecule has 0 saturated heterocycles. The first-order valence-corrected chi connectivity index (χ1v) is 5.55. The van der Waals surface area contributed by atoms with Crippen molar-refractivity contribution >= 4 is 0 Å². The predicted octanol–water partition coefficient (Wildman–Crippen LogP) is 4.07. The molecule has 100 valence electrons. The molecule has 0 aromatic heterocycles. The second-order valence-corrected chi connectivity index (χ2v) is 3.90. The average Bonchev–Trinajstić information content (AvgIpc) is 2.39. The third kappa shape index (κ3) is 3.26. The van der Waals surface area contributed by atoms with Crippen molar-refractivity contribution < 1.29 is 23.0 Å². The van der Waals surface area contributed by atoms with Crippen molar-refractivity contribution in [3.05, 3.63) is 60.2 Å². The van der Waals surface area contributed by atoms with Crippen LogP contribution in [0.4, 0.5) is 13.2 Å². The van der Waals surface area contributed by atoms with Gasteiger partial charge in [0.25, 0.3) is 0 Å². The topological polar surface area (TPSA) is 29.5 Å². The molecule has 2 aromatic rings. The number of aliphatic hydroxyl groups is 1. The van der Waals surface area contributed by atoms with E-state index in [1.54, 1.807) is 36.4 Å². The van der Waals surface area contributed by atoms with E-state index in [4.69, 9.17) is 4.74 Å². The minimum atomic E-state index is -4.73. The summed E-state index contributed by atoms with van der Waals surface area (Å²) in [5.74, 6) is 0.392. The first-order chi connectivity index (χ1) is 8.98. The van der Waals surface area contributed by atoms with Crippen LogP contribution in [0.2, 0.25) is 0 Å². The maximum Gasteiger partial charge on any atom is 0.418 e. The Morgan fingerprint density at radius 3 is 2.11 bits per heavy atom. The molecule has 1 N–H and O–H groups in total. The zero-order valence-electron chi connectivity index (χ0n) is 9.76. The highest BCUT2D eigenvalue weighted by atomic mass is 19.4. The van der Waals surface area contributed by atoms with E-state index >= 15 is 0 Å². The van der Waals surface area contributed by atoms with Gasteiger partial charge in [-0.3, -0.25) is 0 Å². The Morgan fingerprint density at radius 2 is 1.47 bits per heavy atom. The van der Waals surface area contributed by atoms with Gasteiger partial charge in [0, 0.05) is 5.56 Å². The summed E-state index contributed by atoms with van der Waals surface area (Å²) in [5, 5.41) is 9.31. The molecule has 0 unspecified atom stereocenters. The summed E-state index contributed by atoms with van der Waals surface area (Å²) >= 11 is 0. The van der Waals surface area contributed by atoms with Crippen LogP contribution >= 0.6 is 0 Å². The van der Waals surface area contributed by atoms with Crippen molar-refractivity contribution in [2.45, 2.75) is 12.3 Å². The Hall–Kier alpha value is -2.01. The van der Waals surface area contributed by atoms with Crippen molar-refractivity contribution in [2.75, 3.05) is 0 Å². The molecule has 0 aliphatic rings. The van der Waals surface area contributed by atoms with E-state index in [-0.39, 0.29) is 11.3 Å². The van der Waals surface area contributed by atoms with Gasteiger partial charge in [-0.2, -0.15) is 13.2 Å². The van der Waals surface area contributed by atoms with Crippen LogP contribution in [0.5, 0.6) is 11.5 Å². The third-order valence-electron chi connectivity index (χ3n) is 2.49. The van der Waals surface area contributed by atoms with Gasteiger partial charge >= 0.3 is 6.18 Å². The van der Waals surface area contributed by atoms with Crippen LogP contribution in [-0.2, 0) is 0 Å². The fraction of sp³-hybridized carbons (Fsp3) is 0.143. The van der Waals surface area contributed by atoms with Gasteiger partial charge in [0.15, 0.2) is 6.10 Å². The predicted molar refractivity (Wildman–Crippen MR) is 64.0 cm³/mol. The summed E-state index contributed by atoms with van der Waals surface area (Å²) in [6.07, 6.45) is -7.29. The zero-order valence-corrected chi connectivity index (χ0v) is 9.76. The molecule has 0 spiro atoms. The van der Waals surface area contributed by atoms with Crippen molar-refractivity contribution in [3.8, 4) is 11.5 Å². The summed E-state index contributed by atoms with van der Waals surface area (Å²) in [6, 6.07) is 14.0. The second-order valence-electron chi connectivity index (χ2n) is 3.90. The molecule has 19 heavy (non-hydrogen) atoms. The number of alkyl halides is 3. The molecule has 2 nitrogen and oxygen atoms in total. The average molecular weight is 268 g/mol. The van der Waals surface area contributed by atoms with Gasteiger partial charge in [0.2, 0.25) is 0 Å². The Morgan fingerprint density at radius 1 is 0.895 bits per heavy atom. The van der Waals surface area contributed by atoms with E-state index in [2.05, 4.69) is 0 Å². The van der Waals surface area contributed by atoms with Crippen LogP contribution < -0.4 is 4.74 Å². The number of benzene rings is 2. The first kappa shape index (κ1) is 13.4. The minimum Gasteiger partial charge on any atom is -0.457 e. The number of para-hydroxylation sites is 2. The van der Waals surface area contributed by atoms with Crippen LogP contribution in [0.15, 0.2) is 54.6 Å². The number of rotatable bonds is 3. The molecule has 0 aliphatic carbocycles. The van der Waals surface area contributed by atoms with E-state index in [9.17, 15) is 18.3 Å². The van der Waals surface area contributed by atoms with E-state index in [1.165, 1.54) is 18.2 Å². The maximum atomic E-state index is 12.5. The van der Waals surface area contributed by atoms with Gasteiger partial charge in [0.1, 0.15) is 11.5 Å². The lowest BCUT2D eigenvalue weighted by molar-refractivity contribution is -0.207. The highest BCUT2D eigenvalue weighted by Gasteiger charge is 2.40. The van der Waals surface area contributed by atoms with Crippen molar-refractivity contribution in [3.63, 3.8) is 0 Å². The minimum absolute atomic E-state index is 0.0153. The molecular formula is C14H11F3O2. The number of halogens is 3. The van der Waals surface area contributed by atoms with E-state index < -0.39 is 12.3 Å². The molecular weight excluding hydrogens is 257 g/mol. The van der Waals surface area contributed by atoms with Gasteiger partial charge in [-0.25, -0.2) is 0 Å². The summed E-state index contributed by atoms with van der Waals surface area (Å²) in [4.78, 5) is 0. The molecule has 1 atom stereocenters. The maximum absolute atomic E-state index is 12.5. The summed E-state index contributed by atoms with van der Waals surface area (Å²) in [5.41, 5.74) is -0.307. The lowest BCUT2D eigenvalue weighted by atomic mass is 10.1. The van der Waals surface area contributed by atoms with Gasteiger partial charge in [-0.15, -0.1) is 0 Å². The number of aliphatic hydroxyl groups excluding tert-OH is 1. The van der Waals surface area contributed by atoms with Crippen LogP contribution in [0, 0.1) is 0 Å². The van der Waals surface area contributed by atoms with Crippen LogP contribution in [-0.4, -0.2) is 11.3 Å². The van der Waals surface area contributed by atoms with Gasteiger partial charge < -0.3 is 9.84 Å². The lowest BCUT2D eigenvalue weighted by Gasteiger charge is -2.18. The molecule has 0 aliphatic heterocycles. The first-order valence-electron chi connectivity index (χ1n) is 5.55. The molecule has 0 radical (unpaired) electrons. The normalized spacial score (nSPS) is 13.1. The fourth-order valence-corrected chi connectivity index (χ4v) is 1.59. The highest BCUT2D eigenvalue weighted by molar-refractivity contribution is 5.39. The standard InChI is InChI=1S/C14H11F3O2/c15-14(16,17)13(18)11-8-4-5-9-12(11)19-10-6-2-1-3-7-10/h1-9,13,18H/t13-/m1/s1. The molecule has 0 bridgehead atoms. The van der Waals surface area contributed by atoms with Crippen LogP contribution in [0.25, 0.3) is 0 Å². The Kier molecular flexibility index (Phi) is 3.76. The van der Waals surface area contributed by atoms with Crippen molar-refractivity contribution in [1.29, 1.82) is 0 Å². The van der Waals surface area contributed by atoms with Crippen molar-refractivity contribution in [2.24, 2.45) is 0 Å². The second kappa shape index (κ2) is 5.32. The number of hydrogen-bond donors (Lipinski definition) is 1. The van der Waals surface area contributed by atoms with Crippen molar-refractivity contribution in [1.82, 2.24) is 0 Å². The van der Waals surface area contributed by atoms with Gasteiger partial charge in [-0.1, -0.05) is 36.4 Å². The highest BCUT2D eigenvalue weighted by Crippen LogP contribution is 2.38. The van der Waals surface area contributed by atoms with Crippen LogP contribution in [0.1, 0.15) is 11.7 Å². The molecule has 0 amide bonds. The van der Waals surface area contributed by atoms with Crippen LogP contribution in [0.3, 0.4) is 0 Å². The Bertz CT molecular complexity index is 538. The molecule has 0 heterocycles. The largest absolute Gasteiger partial charge is 0.457 e. The fourth-order valence-electron chi connectivity index (χ4n) is 1.59. The van der Waals surface area contributed by atoms with Gasteiger partial charge in [-0.05, 0) is 18.2 Å². The number of hydrogen-bond acceptors (Lipinski definition) is 2. The monoisotopic (exact) mass is 268 g/mol. The van der Waals surface area contributed by atoms with E-state index in [1.807, 2.05) is 0 Å². The lowest BCUT2D eigenvalue weighted by Crippen LogP contribution is -2.20. The summed E-state index contributed by atoms with van der Waals surface area (Å²) in [7, 11) is 0. The number of ether oxygens (including phenoxy) is 1.